The summed E-state index contributed by atoms with van der Waals surface area (Å²) in [6.07, 6.45) is 0. The predicted octanol–water partition coefficient (Wildman–Crippen LogP) is 2.05. The summed E-state index contributed by atoms with van der Waals surface area (Å²) >= 11 is 6.03. The molecule has 0 saturated heterocycles. The fourth-order valence-corrected chi connectivity index (χ4v) is 2.82. The van der Waals surface area contributed by atoms with Crippen LogP contribution in [0.25, 0.3) is 11.2 Å². The molecule has 11 heteroatoms. The van der Waals surface area contributed by atoms with Crippen LogP contribution in [-0.2, 0) is 0 Å². The Bertz CT molecular complexity index is 976. The van der Waals surface area contributed by atoms with E-state index in [4.69, 9.17) is 16.7 Å². The number of aromatic amines is 1. The number of carboxylic acids is 1. The molecule has 0 unspecified atom stereocenters. The molecule has 2 aromatic heterocycles. The number of nitrogens with zero attached hydrogens (tertiary/aromatic N) is 5. The van der Waals surface area contributed by atoms with Crippen molar-refractivity contribution >= 4 is 46.2 Å². The van der Waals surface area contributed by atoms with E-state index in [-0.39, 0.29) is 23.2 Å². The smallest absolute Gasteiger partial charge is 0.337 e. The fourth-order valence-electron chi connectivity index (χ4n) is 2.55. The Morgan fingerprint density at radius 3 is 2.78 bits per heavy atom. The first-order valence-electron chi connectivity index (χ1n) is 8.17. The van der Waals surface area contributed by atoms with Crippen molar-refractivity contribution in [2.75, 3.05) is 23.4 Å². The number of aliphatic hydroxyl groups excluding tert-OH is 1. The van der Waals surface area contributed by atoms with E-state index in [0.717, 1.165) is 0 Å². The SMILES string of the molecule is CC(C)N(CCO)c1nc(Nc2ccc(C(=O)O)c(Cl)c2)c2[nH]nnc2n1. The number of hydrogen-bond donors (Lipinski definition) is 4. The topological polar surface area (TPSA) is 140 Å². The molecule has 0 atom stereocenters. The Morgan fingerprint density at radius 1 is 1.37 bits per heavy atom. The van der Waals surface area contributed by atoms with Crippen LogP contribution in [0.3, 0.4) is 0 Å². The predicted molar refractivity (Wildman–Crippen MR) is 101 cm³/mol. The second-order valence-electron chi connectivity index (χ2n) is 6.02. The second-order valence-corrected chi connectivity index (χ2v) is 6.43. The highest BCUT2D eigenvalue weighted by Crippen LogP contribution is 2.27. The van der Waals surface area contributed by atoms with Crippen molar-refractivity contribution in [1.82, 2.24) is 25.4 Å². The molecule has 0 bridgehead atoms. The van der Waals surface area contributed by atoms with Gasteiger partial charge in [0.05, 0.1) is 17.2 Å². The van der Waals surface area contributed by atoms with Crippen LogP contribution in [0.2, 0.25) is 5.02 Å². The molecule has 0 aliphatic rings. The lowest BCUT2D eigenvalue weighted by Crippen LogP contribution is -2.35. The summed E-state index contributed by atoms with van der Waals surface area (Å²) in [6.45, 7) is 4.24. The molecule has 0 aliphatic heterocycles. The summed E-state index contributed by atoms with van der Waals surface area (Å²) in [5.74, 6) is -0.313. The van der Waals surface area contributed by atoms with Gasteiger partial charge in [-0.3, -0.25) is 5.10 Å². The quantitative estimate of drug-likeness (QED) is 0.476. The summed E-state index contributed by atoms with van der Waals surface area (Å²) in [4.78, 5) is 21.8. The highest BCUT2D eigenvalue weighted by molar-refractivity contribution is 6.33. The van der Waals surface area contributed by atoms with E-state index >= 15 is 0 Å². The van der Waals surface area contributed by atoms with E-state index in [0.29, 0.717) is 35.2 Å². The number of nitrogens with one attached hydrogen (secondary N) is 2. The molecule has 27 heavy (non-hydrogen) atoms. The minimum atomic E-state index is -1.10. The summed E-state index contributed by atoms with van der Waals surface area (Å²) in [6, 6.07) is 4.54. The number of carboxylic acid groups (broad SMARTS) is 1. The lowest BCUT2D eigenvalue weighted by Gasteiger charge is -2.26. The van der Waals surface area contributed by atoms with Crippen molar-refractivity contribution in [2.45, 2.75) is 19.9 Å². The van der Waals surface area contributed by atoms with Crippen molar-refractivity contribution in [3.8, 4) is 0 Å². The number of H-pyrrole nitrogens is 1. The van der Waals surface area contributed by atoms with Crippen LogP contribution in [0.5, 0.6) is 0 Å². The molecule has 2 heterocycles. The van der Waals surface area contributed by atoms with Crippen LogP contribution in [0.1, 0.15) is 24.2 Å². The molecule has 3 rings (SSSR count). The lowest BCUT2D eigenvalue weighted by atomic mass is 10.2. The van der Waals surface area contributed by atoms with Gasteiger partial charge < -0.3 is 20.4 Å². The molecule has 0 spiro atoms. The number of aromatic nitrogens is 5. The Morgan fingerprint density at radius 2 is 2.15 bits per heavy atom. The van der Waals surface area contributed by atoms with E-state index in [2.05, 4.69) is 30.7 Å². The van der Waals surface area contributed by atoms with Crippen molar-refractivity contribution in [2.24, 2.45) is 0 Å². The standard InChI is InChI=1S/C16H18ClN7O3/c1-8(2)24(5-6-25)16-19-13(12-14(20-16)22-23-21-12)18-9-3-4-10(15(26)27)11(17)7-9/h3-4,7-8,25H,5-6H2,1-2H3,(H,26,27)(H2,18,19,20,21,22,23). The van der Waals surface area contributed by atoms with Crippen molar-refractivity contribution in [1.29, 1.82) is 0 Å². The summed E-state index contributed by atoms with van der Waals surface area (Å²) in [7, 11) is 0. The second kappa shape index (κ2) is 7.72. The van der Waals surface area contributed by atoms with Crippen LogP contribution >= 0.6 is 11.6 Å². The van der Waals surface area contributed by atoms with Crippen LogP contribution in [-0.4, -0.2) is 60.8 Å². The molecular weight excluding hydrogens is 374 g/mol. The number of aromatic carboxylic acids is 1. The number of carbonyl (C=O) groups is 1. The Balaban J connectivity index is 2.02. The van der Waals surface area contributed by atoms with E-state index in [1.807, 2.05) is 18.7 Å². The first kappa shape index (κ1) is 18.8. The summed E-state index contributed by atoms with van der Waals surface area (Å²) in [5, 5.41) is 32.0. The third-order valence-electron chi connectivity index (χ3n) is 3.87. The zero-order chi connectivity index (χ0) is 19.6. The van der Waals surface area contributed by atoms with Gasteiger partial charge in [-0.25, -0.2) is 4.79 Å². The monoisotopic (exact) mass is 391 g/mol. The number of halogens is 1. The van der Waals surface area contributed by atoms with Crippen molar-refractivity contribution in [3.05, 3.63) is 28.8 Å². The lowest BCUT2D eigenvalue weighted by molar-refractivity contribution is 0.0697. The van der Waals surface area contributed by atoms with E-state index in [9.17, 15) is 9.90 Å². The maximum Gasteiger partial charge on any atom is 0.337 e. The van der Waals surface area contributed by atoms with E-state index < -0.39 is 5.97 Å². The largest absolute Gasteiger partial charge is 0.478 e. The number of anilines is 3. The van der Waals surface area contributed by atoms with Gasteiger partial charge in [-0.05, 0) is 32.0 Å². The molecule has 0 amide bonds. The number of benzene rings is 1. The van der Waals surface area contributed by atoms with Crippen LogP contribution in [0.15, 0.2) is 18.2 Å². The van der Waals surface area contributed by atoms with Gasteiger partial charge in [-0.1, -0.05) is 16.8 Å². The van der Waals surface area contributed by atoms with Gasteiger partial charge in [0.25, 0.3) is 0 Å². The van der Waals surface area contributed by atoms with Gasteiger partial charge in [0.15, 0.2) is 5.82 Å². The number of fused-ring (bicyclic) bond motifs is 1. The van der Waals surface area contributed by atoms with Crippen LogP contribution in [0, 0.1) is 0 Å². The van der Waals surface area contributed by atoms with Gasteiger partial charge in [0.1, 0.15) is 5.52 Å². The zero-order valence-electron chi connectivity index (χ0n) is 14.6. The maximum atomic E-state index is 11.1. The Hall–Kier alpha value is -2.98. The third kappa shape index (κ3) is 3.91. The number of aliphatic hydroxyl groups is 1. The molecule has 0 radical (unpaired) electrons. The first-order valence-corrected chi connectivity index (χ1v) is 8.54. The van der Waals surface area contributed by atoms with Gasteiger partial charge in [-0.15, -0.1) is 5.10 Å². The minimum Gasteiger partial charge on any atom is -0.478 e. The summed E-state index contributed by atoms with van der Waals surface area (Å²) in [5.41, 5.74) is 1.40. The third-order valence-corrected chi connectivity index (χ3v) is 4.18. The maximum absolute atomic E-state index is 11.1. The molecule has 3 aromatic rings. The van der Waals surface area contributed by atoms with Crippen LogP contribution in [0.4, 0.5) is 17.5 Å². The molecular formula is C16H18ClN7O3. The molecule has 0 saturated carbocycles. The normalized spacial score (nSPS) is 11.1. The number of hydrogen-bond acceptors (Lipinski definition) is 8. The Kier molecular flexibility index (Phi) is 5.38. The molecule has 142 valence electrons. The van der Waals surface area contributed by atoms with E-state index in [1.54, 1.807) is 6.07 Å². The van der Waals surface area contributed by atoms with Gasteiger partial charge in [-0.2, -0.15) is 9.97 Å². The molecule has 4 N–H and O–H groups in total. The number of rotatable bonds is 7. The summed E-state index contributed by atoms with van der Waals surface area (Å²) < 4.78 is 0. The first-order chi connectivity index (χ1) is 12.9. The van der Waals surface area contributed by atoms with E-state index in [1.165, 1.54) is 12.1 Å². The minimum absolute atomic E-state index is 0.00729. The fraction of sp³-hybridized carbons (Fsp3) is 0.312. The van der Waals surface area contributed by atoms with Crippen molar-refractivity contribution < 1.29 is 15.0 Å². The molecule has 10 nitrogen and oxygen atoms in total. The average Bonchev–Trinajstić information content (AvgIpc) is 3.08. The van der Waals surface area contributed by atoms with Gasteiger partial charge >= 0.3 is 5.97 Å². The Labute approximate surface area is 159 Å². The van der Waals surface area contributed by atoms with Gasteiger partial charge in [0.2, 0.25) is 11.6 Å². The highest BCUT2D eigenvalue weighted by atomic mass is 35.5. The molecule has 0 fully saturated rings. The molecule has 0 aliphatic carbocycles. The average molecular weight is 392 g/mol. The highest BCUT2D eigenvalue weighted by Gasteiger charge is 2.18. The van der Waals surface area contributed by atoms with Crippen LogP contribution < -0.4 is 10.2 Å². The zero-order valence-corrected chi connectivity index (χ0v) is 15.4. The van der Waals surface area contributed by atoms with Gasteiger partial charge in [0, 0.05) is 18.3 Å². The van der Waals surface area contributed by atoms with Crippen molar-refractivity contribution in [3.63, 3.8) is 0 Å². The molecule has 1 aromatic carbocycles.